The second kappa shape index (κ2) is 5.91. The highest BCUT2D eigenvalue weighted by molar-refractivity contribution is 7.98. The average Bonchev–Trinajstić information content (AvgIpc) is 2.15. The smallest absolute Gasteiger partial charge is 0.125 e. The van der Waals surface area contributed by atoms with Crippen molar-refractivity contribution >= 4 is 17.4 Å². The topological polar surface area (TPSA) is 26.0 Å². The summed E-state index contributed by atoms with van der Waals surface area (Å²) in [7, 11) is 0. The summed E-state index contributed by atoms with van der Waals surface area (Å²) in [6, 6.07) is 4.62. The SMILES string of the molecule is CCCCSCc1ccc(F)cc1N. The van der Waals surface area contributed by atoms with Crippen LogP contribution in [0.1, 0.15) is 25.3 Å². The van der Waals surface area contributed by atoms with Gasteiger partial charge in [-0.05, 0) is 29.9 Å². The van der Waals surface area contributed by atoms with Crippen LogP contribution in [0.5, 0.6) is 0 Å². The first-order valence-corrected chi connectivity index (χ1v) is 6.01. The molecule has 0 spiro atoms. The fraction of sp³-hybridized carbons (Fsp3) is 0.455. The predicted octanol–water partition coefficient (Wildman–Crippen LogP) is 3.44. The Bertz CT molecular complexity index is 289. The number of nitrogens with two attached hydrogens (primary N) is 1. The maximum atomic E-state index is 12.7. The zero-order valence-corrected chi connectivity index (χ0v) is 9.24. The van der Waals surface area contributed by atoms with Crippen molar-refractivity contribution in [1.82, 2.24) is 0 Å². The quantitative estimate of drug-likeness (QED) is 0.599. The van der Waals surface area contributed by atoms with E-state index in [2.05, 4.69) is 6.92 Å². The molecule has 0 saturated heterocycles. The van der Waals surface area contributed by atoms with Gasteiger partial charge in [0.15, 0.2) is 0 Å². The first-order valence-electron chi connectivity index (χ1n) is 4.85. The number of rotatable bonds is 5. The van der Waals surface area contributed by atoms with E-state index in [1.807, 2.05) is 11.8 Å². The molecule has 0 atom stereocenters. The largest absolute Gasteiger partial charge is 0.398 e. The lowest BCUT2D eigenvalue weighted by Crippen LogP contribution is -1.94. The van der Waals surface area contributed by atoms with E-state index in [1.165, 1.54) is 25.0 Å². The van der Waals surface area contributed by atoms with E-state index in [9.17, 15) is 4.39 Å². The molecule has 3 heteroatoms. The Labute approximate surface area is 88.9 Å². The molecule has 1 aromatic carbocycles. The molecule has 0 aliphatic heterocycles. The van der Waals surface area contributed by atoms with Crippen molar-refractivity contribution in [3.63, 3.8) is 0 Å². The van der Waals surface area contributed by atoms with Crippen molar-refractivity contribution < 1.29 is 4.39 Å². The number of nitrogen functional groups attached to an aromatic ring is 1. The summed E-state index contributed by atoms with van der Waals surface area (Å²) in [5.41, 5.74) is 7.28. The van der Waals surface area contributed by atoms with Crippen LogP contribution in [0.3, 0.4) is 0 Å². The third kappa shape index (κ3) is 3.58. The normalized spacial score (nSPS) is 10.4. The van der Waals surface area contributed by atoms with E-state index in [4.69, 9.17) is 5.73 Å². The second-order valence-electron chi connectivity index (χ2n) is 3.25. The van der Waals surface area contributed by atoms with Gasteiger partial charge < -0.3 is 5.73 Å². The van der Waals surface area contributed by atoms with Crippen molar-refractivity contribution in [1.29, 1.82) is 0 Å². The number of hydrogen-bond acceptors (Lipinski definition) is 2. The van der Waals surface area contributed by atoms with Crippen LogP contribution < -0.4 is 5.73 Å². The van der Waals surface area contributed by atoms with Crippen LogP contribution in [0.4, 0.5) is 10.1 Å². The number of anilines is 1. The Morgan fingerprint density at radius 1 is 1.43 bits per heavy atom. The number of hydrogen-bond donors (Lipinski definition) is 1. The van der Waals surface area contributed by atoms with Crippen molar-refractivity contribution in [3.8, 4) is 0 Å². The van der Waals surface area contributed by atoms with Gasteiger partial charge in [0, 0.05) is 11.4 Å². The molecule has 0 aromatic heterocycles. The maximum Gasteiger partial charge on any atom is 0.125 e. The van der Waals surface area contributed by atoms with E-state index in [0.717, 1.165) is 17.1 Å². The third-order valence-electron chi connectivity index (χ3n) is 2.01. The molecular formula is C11H16FNS. The van der Waals surface area contributed by atoms with Crippen LogP contribution in [-0.2, 0) is 5.75 Å². The summed E-state index contributed by atoms with van der Waals surface area (Å²) < 4.78 is 12.7. The summed E-state index contributed by atoms with van der Waals surface area (Å²) in [5.74, 6) is 1.77. The van der Waals surface area contributed by atoms with Gasteiger partial charge in [0.1, 0.15) is 5.82 Å². The standard InChI is InChI=1S/C11H16FNS/c1-2-3-6-14-8-9-4-5-10(12)7-11(9)13/h4-5,7H,2-3,6,8,13H2,1H3. The molecule has 0 radical (unpaired) electrons. The van der Waals surface area contributed by atoms with Gasteiger partial charge in [-0.25, -0.2) is 4.39 Å². The van der Waals surface area contributed by atoms with Crippen LogP contribution in [-0.4, -0.2) is 5.75 Å². The van der Waals surface area contributed by atoms with Crippen molar-refractivity contribution in [2.75, 3.05) is 11.5 Å². The van der Waals surface area contributed by atoms with Crippen LogP contribution in [0.15, 0.2) is 18.2 Å². The highest BCUT2D eigenvalue weighted by Crippen LogP contribution is 2.20. The Morgan fingerprint density at radius 3 is 2.86 bits per heavy atom. The molecule has 14 heavy (non-hydrogen) atoms. The van der Waals surface area contributed by atoms with Gasteiger partial charge in [-0.1, -0.05) is 19.4 Å². The average molecular weight is 213 g/mol. The number of benzene rings is 1. The Morgan fingerprint density at radius 2 is 2.21 bits per heavy atom. The number of thioether (sulfide) groups is 1. The Hall–Kier alpha value is -0.700. The van der Waals surface area contributed by atoms with E-state index in [0.29, 0.717) is 5.69 Å². The van der Waals surface area contributed by atoms with Gasteiger partial charge >= 0.3 is 0 Å². The molecule has 0 aliphatic carbocycles. The minimum atomic E-state index is -0.259. The fourth-order valence-electron chi connectivity index (χ4n) is 1.13. The third-order valence-corrected chi connectivity index (χ3v) is 3.10. The molecule has 0 saturated carbocycles. The highest BCUT2D eigenvalue weighted by atomic mass is 32.2. The molecule has 0 amide bonds. The summed E-state index contributed by atoms with van der Waals surface area (Å²) >= 11 is 1.85. The van der Waals surface area contributed by atoms with E-state index in [-0.39, 0.29) is 5.82 Å². The van der Waals surface area contributed by atoms with Gasteiger partial charge in [-0.2, -0.15) is 11.8 Å². The second-order valence-corrected chi connectivity index (χ2v) is 4.35. The van der Waals surface area contributed by atoms with Gasteiger partial charge in [0.05, 0.1) is 0 Å². The summed E-state index contributed by atoms with van der Waals surface area (Å²) in [5, 5.41) is 0. The molecular weight excluding hydrogens is 197 g/mol. The number of unbranched alkanes of at least 4 members (excludes halogenated alkanes) is 1. The van der Waals surface area contributed by atoms with E-state index in [1.54, 1.807) is 6.07 Å². The molecule has 0 bridgehead atoms. The highest BCUT2D eigenvalue weighted by Gasteiger charge is 2.00. The summed E-state index contributed by atoms with van der Waals surface area (Å²) in [6.07, 6.45) is 2.44. The lowest BCUT2D eigenvalue weighted by atomic mass is 10.2. The molecule has 0 aliphatic rings. The maximum absolute atomic E-state index is 12.7. The van der Waals surface area contributed by atoms with Gasteiger partial charge in [-0.15, -0.1) is 0 Å². The minimum absolute atomic E-state index is 0.259. The number of halogens is 1. The van der Waals surface area contributed by atoms with Crippen LogP contribution in [0.2, 0.25) is 0 Å². The molecule has 1 aromatic rings. The molecule has 0 unspecified atom stereocenters. The van der Waals surface area contributed by atoms with Crippen LogP contribution >= 0.6 is 11.8 Å². The molecule has 1 rings (SSSR count). The molecule has 0 heterocycles. The first-order chi connectivity index (χ1) is 6.74. The van der Waals surface area contributed by atoms with Gasteiger partial charge in [0.25, 0.3) is 0 Å². The molecule has 0 fully saturated rings. The van der Waals surface area contributed by atoms with E-state index >= 15 is 0 Å². The molecule has 78 valence electrons. The van der Waals surface area contributed by atoms with Crippen LogP contribution in [0, 0.1) is 5.82 Å². The first kappa shape index (κ1) is 11.4. The van der Waals surface area contributed by atoms with E-state index < -0.39 is 0 Å². The Kier molecular flexibility index (Phi) is 4.80. The summed E-state index contributed by atoms with van der Waals surface area (Å²) in [4.78, 5) is 0. The van der Waals surface area contributed by atoms with Gasteiger partial charge in [0.2, 0.25) is 0 Å². The lowest BCUT2D eigenvalue weighted by molar-refractivity contribution is 0.628. The molecule has 1 nitrogen and oxygen atoms in total. The minimum Gasteiger partial charge on any atom is -0.398 e. The van der Waals surface area contributed by atoms with Crippen molar-refractivity contribution in [3.05, 3.63) is 29.6 Å². The monoisotopic (exact) mass is 213 g/mol. The Balaban J connectivity index is 2.42. The van der Waals surface area contributed by atoms with Gasteiger partial charge in [-0.3, -0.25) is 0 Å². The zero-order valence-electron chi connectivity index (χ0n) is 8.42. The zero-order chi connectivity index (χ0) is 10.4. The van der Waals surface area contributed by atoms with Crippen LogP contribution in [0.25, 0.3) is 0 Å². The van der Waals surface area contributed by atoms with Crippen molar-refractivity contribution in [2.45, 2.75) is 25.5 Å². The summed E-state index contributed by atoms with van der Waals surface area (Å²) in [6.45, 7) is 2.17. The fourth-order valence-corrected chi connectivity index (χ4v) is 2.25. The molecule has 2 N–H and O–H groups in total. The lowest BCUT2D eigenvalue weighted by Gasteiger charge is -2.04. The predicted molar refractivity (Wildman–Crippen MR) is 61.9 cm³/mol. The van der Waals surface area contributed by atoms with Crippen molar-refractivity contribution in [2.24, 2.45) is 0 Å².